The number of ether oxygens (including phenoxy) is 4. The SMILES string of the molecule is C[C@@]1(OCc2ccccc2)[C@H](OCc2ccccc2)[C@@H](COCc2ccccc2)O[C@H]1c1c[c]([Sn]([CH3])([CH3])[CH3])c2c(Cl)ncnn12. The van der Waals surface area contributed by atoms with Crippen molar-refractivity contribution in [2.45, 2.75) is 65.5 Å². The Balaban J connectivity index is 1.40. The zero-order valence-electron chi connectivity index (χ0n) is 26.2. The van der Waals surface area contributed by atoms with Crippen molar-refractivity contribution in [3.63, 3.8) is 0 Å². The Morgan fingerprint density at radius 1 is 0.844 bits per heavy atom. The molecule has 5 aromatic rings. The van der Waals surface area contributed by atoms with Gasteiger partial charge in [-0.1, -0.05) is 6.07 Å². The predicted molar refractivity (Wildman–Crippen MR) is 179 cm³/mol. The van der Waals surface area contributed by atoms with E-state index in [2.05, 4.69) is 69.2 Å². The molecule has 1 saturated heterocycles. The molecule has 1 fully saturated rings. The van der Waals surface area contributed by atoms with Crippen LogP contribution in [0.4, 0.5) is 0 Å². The second kappa shape index (κ2) is 13.9. The molecule has 0 unspecified atom stereocenters. The molecule has 3 heterocycles. The van der Waals surface area contributed by atoms with E-state index < -0.39 is 42.3 Å². The van der Waals surface area contributed by atoms with Gasteiger partial charge in [-0.2, -0.15) is 0 Å². The van der Waals surface area contributed by atoms with Crippen molar-refractivity contribution in [1.82, 2.24) is 14.6 Å². The van der Waals surface area contributed by atoms with Crippen LogP contribution in [0.5, 0.6) is 0 Å². The molecule has 1 aliphatic heterocycles. The maximum atomic E-state index is 6.99. The first-order chi connectivity index (χ1) is 21.7. The van der Waals surface area contributed by atoms with E-state index in [1.807, 2.05) is 59.1 Å². The molecule has 6 rings (SSSR count). The molecule has 7 nitrogen and oxygen atoms in total. The number of rotatable bonds is 12. The fourth-order valence-corrected chi connectivity index (χ4v) is 10.8. The van der Waals surface area contributed by atoms with Gasteiger partial charge in [0.15, 0.2) is 0 Å². The first kappa shape index (κ1) is 32.2. The Hall–Kier alpha value is -2.79. The van der Waals surface area contributed by atoms with Crippen molar-refractivity contribution in [2.75, 3.05) is 6.61 Å². The molecular weight excluding hydrogens is 693 g/mol. The van der Waals surface area contributed by atoms with Gasteiger partial charge in [0.2, 0.25) is 0 Å². The van der Waals surface area contributed by atoms with Gasteiger partial charge >= 0.3 is 270 Å². The summed E-state index contributed by atoms with van der Waals surface area (Å²) in [6, 6.07) is 32.8. The van der Waals surface area contributed by atoms with E-state index in [4.69, 9.17) is 35.6 Å². The molecule has 0 amide bonds. The fraction of sp³-hybridized carbons (Fsp3) is 0.333. The molecule has 3 aromatic carbocycles. The Kier molecular flexibility index (Phi) is 9.94. The van der Waals surface area contributed by atoms with E-state index in [0.717, 1.165) is 27.9 Å². The molecule has 0 aliphatic carbocycles. The Morgan fingerprint density at radius 3 is 2.02 bits per heavy atom. The van der Waals surface area contributed by atoms with Crippen molar-refractivity contribution in [3.05, 3.63) is 131 Å². The monoisotopic (exact) mass is 733 g/mol. The van der Waals surface area contributed by atoms with Crippen LogP contribution in [0.25, 0.3) is 5.52 Å². The fourth-order valence-electron chi connectivity index (χ4n) is 6.05. The molecule has 234 valence electrons. The molecular formula is C36H40ClN3O4Sn. The molecule has 4 atom stereocenters. The number of halogens is 1. The van der Waals surface area contributed by atoms with E-state index in [1.165, 1.54) is 9.91 Å². The molecule has 0 spiro atoms. The minimum atomic E-state index is -2.71. The first-order valence-corrected chi connectivity index (χ1v) is 25.7. The van der Waals surface area contributed by atoms with Crippen LogP contribution in [0.1, 0.15) is 35.4 Å². The summed E-state index contributed by atoms with van der Waals surface area (Å²) < 4.78 is 30.1. The van der Waals surface area contributed by atoms with Crippen molar-refractivity contribution < 1.29 is 18.9 Å². The van der Waals surface area contributed by atoms with Crippen LogP contribution in [0.3, 0.4) is 0 Å². The first-order valence-electron chi connectivity index (χ1n) is 15.4. The average Bonchev–Trinajstić information content (AvgIpc) is 3.57. The van der Waals surface area contributed by atoms with E-state index >= 15 is 0 Å². The number of nitrogens with zero attached hydrogens (tertiary/aromatic N) is 3. The van der Waals surface area contributed by atoms with Crippen LogP contribution in [0.2, 0.25) is 20.0 Å². The van der Waals surface area contributed by atoms with Crippen LogP contribution in [0, 0.1) is 0 Å². The average molecular weight is 733 g/mol. The topological polar surface area (TPSA) is 67.1 Å². The second-order valence-corrected chi connectivity index (χ2v) is 27.5. The molecule has 0 N–H and O–H groups in total. The minimum absolute atomic E-state index is 0.333. The van der Waals surface area contributed by atoms with Gasteiger partial charge in [0.05, 0.1) is 0 Å². The normalized spacial score (nSPS) is 21.8. The van der Waals surface area contributed by atoms with E-state index in [9.17, 15) is 0 Å². The Bertz CT molecular complexity index is 1700. The molecule has 0 radical (unpaired) electrons. The molecule has 1 aliphatic rings. The summed E-state index contributed by atoms with van der Waals surface area (Å²) in [6.45, 7) is 3.70. The summed E-state index contributed by atoms with van der Waals surface area (Å²) in [5.74, 6) is 0. The van der Waals surface area contributed by atoms with Crippen molar-refractivity contribution in [3.8, 4) is 0 Å². The van der Waals surface area contributed by atoms with Gasteiger partial charge in [-0.15, -0.1) is 0 Å². The van der Waals surface area contributed by atoms with Crippen molar-refractivity contribution in [2.24, 2.45) is 0 Å². The number of fused-ring (bicyclic) bond motifs is 1. The summed E-state index contributed by atoms with van der Waals surface area (Å²) in [5, 5.41) is 5.14. The standard InChI is InChI=1S/C33H31ClN3O4.3CH3.Sn/c1-33(40-21-26-15-9-4-10-16-26)30(27-17-18-28-32(34)35-23-36-37(27)28)41-29(22-38-19-24-11-5-2-6-12-24)31(33)39-20-25-13-7-3-8-14-25;;;;/h2-17,23,29-31H,19-22H2,1H3;3*1H3;/t29-,30+,31-,33+;;;;/m1..../s1. The van der Waals surface area contributed by atoms with E-state index in [1.54, 1.807) is 0 Å². The zero-order chi connectivity index (χ0) is 31.4. The molecule has 0 saturated carbocycles. The van der Waals surface area contributed by atoms with Gasteiger partial charge in [0.25, 0.3) is 0 Å². The quantitative estimate of drug-likeness (QED) is 0.127. The van der Waals surface area contributed by atoms with Gasteiger partial charge in [0, 0.05) is 0 Å². The molecule has 2 aromatic heterocycles. The van der Waals surface area contributed by atoms with Gasteiger partial charge in [0.1, 0.15) is 0 Å². The van der Waals surface area contributed by atoms with Crippen LogP contribution in [0.15, 0.2) is 103 Å². The van der Waals surface area contributed by atoms with Gasteiger partial charge in [-0.25, -0.2) is 0 Å². The summed E-state index contributed by atoms with van der Waals surface area (Å²) in [6.07, 6.45) is 0.120. The van der Waals surface area contributed by atoms with Crippen LogP contribution in [-0.2, 0) is 38.8 Å². The maximum absolute atomic E-state index is 6.99. The zero-order valence-corrected chi connectivity index (χ0v) is 29.8. The van der Waals surface area contributed by atoms with Crippen LogP contribution in [-0.4, -0.2) is 57.4 Å². The van der Waals surface area contributed by atoms with Gasteiger partial charge in [-0.3, -0.25) is 0 Å². The summed E-state index contributed by atoms with van der Waals surface area (Å²) >= 11 is 4.04. The number of hydrogen-bond acceptors (Lipinski definition) is 6. The number of benzene rings is 3. The Labute approximate surface area is 274 Å². The molecule has 45 heavy (non-hydrogen) atoms. The van der Waals surface area contributed by atoms with Crippen molar-refractivity contribution >= 4 is 39.1 Å². The molecule has 9 heteroatoms. The summed E-state index contributed by atoms with van der Waals surface area (Å²) in [5.41, 5.74) is 4.08. The third-order valence-corrected chi connectivity index (χ3v) is 14.4. The Morgan fingerprint density at radius 2 is 1.42 bits per heavy atom. The summed E-state index contributed by atoms with van der Waals surface area (Å²) in [4.78, 5) is 11.4. The van der Waals surface area contributed by atoms with Gasteiger partial charge in [-0.05, 0) is 0 Å². The second-order valence-electron chi connectivity index (χ2n) is 12.8. The number of hydrogen-bond donors (Lipinski definition) is 0. The third kappa shape index (κ3) is 7.14. The van der Waals surface area contributed by atoms with Gasteiger partial charge < -0.3 is 0 Å². The van der Waals surface area contributed by atoms with Crippen molar-refractivity contribution in [1.29, 1.82) is 0 Å². The van der Waals surface area contributed by atoms with Crippen LogP contribution >= 0.6 is 11.6 Å². The predicted octanol–water partition coefficient (Wildman–Crippen LogP) is 7.15. The molecule has 0 bridgehead atoms. The van der Waals surface area contributed by atoms with E-state index in [0.29, 0.717) is 31.6 Å². The third-order valence-electron chi connectivity index (χ3n) is 8.41. The number of aromatic nitrogens is 3. The summed E-state index contributed by atoms with van der Waals surface area (Å²) in [7, 11) is 0. The van der Waals surface area contributed by atoms with Crippen LogP contribution < -0.4 is 3.58 Å². The van der Waals surface area contributed by atoms with E-state index in [-0.39, 0.29) is 0 Å².